The van der Waals surface area contributed by atoms with E-state index in [1.54, 1.807) is 0 Å². The van der Waals surface area contributed by atoms with Crippen LogP contribution in [0.15, 0.2) is 24.3 Å². The lowest BCUT2D eigenvalue weighted by molar-refractivity contribution is 0.102. The van der Waals surface area contributed by atoms with Gasteiger partial charge in [0, 0.05) is 6.61 Å². The van der Waals surface area contributed by atoms with Gasteiger partial charge in [-0.3, -0.25) is 0 Å². The predicted octanol–water partition coefficient (Wildman–Crippen LogP) is 4.49. The summed E-state index contributed by atoms with van der Waals surface area (Å²) >= 11 is 6.42. The van der Waals surface area contributed by atoms with Crippen molar-refractivity contribution in [3.63, 3.8) is 0 Å². The molecule has 1 heterocycles. The number of hydrogen-bond acceptors (Lipinski definition) is 1. The van der Waals surface area contributed by atoms with Gasteiger partial charge in [0.1, 0.15) is 0 Å². The number of hydrogen-bond donors (Lipinski definition) is 0. The molecule has 2 unspecified atom stereocenters. The van der Waals surface area contributed by atoms with Crippen LogP contribution in [0.3, 0.4) is 0 Å². The van der Waals surface area contributed by atoms with Crippen LogP contribution in [0.25, 0.3) is 0 Å². The predicted molar refractivity (Wildman–Crippen MR) is 72.6 cm³/mol. The summed E-state index contributed by atoms with van der Waals surface area (Å²) in [7, 11) is 0. The monoisotopic (exact) mass is 252 g/mol. The van der Waals surface area contributed by atoms with Crippen molar-refractivity contribution in [1.82, 2.24) is 0 Å². The van der Waals surface area contributed by atoms with E-state index in [2.05, 4.69) is 31.2 Å². The van der Waals surface area contributed by atoms with E-state index in [4.69, 9.17) is 16.3 Å². The Kier molecular flexibility index (Phi) is 4.87. The van der Waals surface area contributed by atoms with Gasteiger partial charge in [-0.2, -0.15) is 0 Å². The molecular formula is C15H21ClO. The molecule has 0 saturated carbocycles. The molecule has 0 radical (unpaired) electrons. The van der Waals surface area contributed by atoms with E-state index >= 15 is 0 Å². The van der Waals surface area contributed by atoms with Crippen molar-refractivity contribution in [2.45, 2.75) is 50.5 Å². The van der Waals surface area contributed by atoms with Gasteiger partial charge in [0.2, 0.25) is 0 Å². The van der Waals surface area contributed by atoms with Gasteiger partial charge in [-0.25, -0.2) is 0 Å². The van der Waals surface area contributed by atoms with Gasteiger partial charge in [0.05, 0.1) is 11.5 Å². The van der Waals surface area contributed by atoms with Crippen LogP contribution in [0, 0.1) is 0 Å². The zero-order chi connectivity index (χ0) is 12.1. The standard InChI is InChI=1S/C15H21ClO/c1-2-12-5-7-13(8-6-12)15(16)10-9-14-4-3-11-17-14/h5-8,14-15H,2-4,9-11H2,1H3. The van der Waals surface area contributed by atoms with E-state index in [1.807, 2.05) is 0 Å². The minimum absolute atomic E-state index is 0.130. The smallest absolute Gasteiger partial charge is 0.0586 e. The fraction of sp³-hybridized carbons (Fsp3) is 0.600. The van der Waals surface area contributed by atoms with Gasteiger partial charge in [-0.05, 0) is 43.2 Å². The zero-order valence-corrected chi connectivity index (χ0v) is 11.2. The van der Waals surface area contributed by atoms with Crippen LogP contribution < -0.4 is 0 Å². The Morgan fingerprint density at radius 3 is 2.71 bits per heavy atom. The normalized spacial score (nSPS) is 21.6. The third-order valence-electron chi connectivity index (χ3n) is 3.52. The summed E-state index contributed by atoms with van der Waals surface area (Å²) < 4.78 is 5.62. The molecule has 94 valence electrons. The first-order valence-corrected chi connectivity index (χ1v) is 7.07. The van der Waals surface area contributed by atoms with Crippen molar-refractivity contribution < 1.29 is 4.74 Å². The maximum Gasteiger partial charge on any atom is 0.0586 e. The van der Waals surface area contributed by atoms with Crippen molar-refractivity contribution in [2.75, 3.05) is 6.61 Å². The Morgan fingerprint density at radius 2 is 2.12 bits per heavy atom. The molecule has 17 heavy (non-hydrogen) atoms. The van der Waals surface area contributed by atoms with Crippen LogP contribution in [-0.2, 0) is 11.2 Å². The third-order valence-corrected chi connectivity index (χ3v) is 3.99. The van der Waals surface area contributed by atoms with Crippen LogP contribution in [0.5, 0.6) is 0 Å². The van der Waals surface area contributed by atoms with Crippen LogP contribution in [0.2, 0.25) is 0 Å². The molecule has 0 spiro atoms. The lowest BCUT2D eigenvalue weighted by Crippen LogP contribution is -2.06. The van der Waals surface area contributed by atoms with Gasteiger partial charge in [0.25, 0.3) is 0 Å². The zero-order valence-electron chi connectivity index (χ0n) is 10.5. The van der Waals surface area contributed by atoms with Crippen molar-refractivity contribution in [3.8, 4) is 0 Å². The van der Waals surface area contributed by atoms with Crippen molar-refractivity contribution in [1.29, 1.82) is 0 Å². The van der Waals surface area contributed by atoms with E-state index in [0.717, 1.165) is 25.9 Å². The molecule has 2 atom stereocenters. The van der Waals surface area contributed by atoms with E-state index in [-0.39, 0.29) is 5.38 Å². The highest BCUT2D eigenvalue weighted by Gasteiger charge is 2.17. The lowest BCUT2D eigenvalue weighted by Gasteiger charge is -2.13. The Hall–Kier alpha value is -0.530. The largest absolute Gasteiger partial charge is 0.378 e. The molecule has 0 aromatic heterocycles. The average Bonchev–Trinajstić information content (AvgIpc) is 2.89. The van der Waals surface area contributed by atoms with Crippen molar-refractivity contribution in [2.24, 2.45) is 0 Å². The maximum absolute atomic E-state index is 6.42. The van der Waals surface area contributed by atoms with Gasteiger partial charge < -0.3 is 4.74 Å². The minimum Gasteiger partial charge on any atom is -0.378 e. The molecule has 1 aliphatic rings. The van der Waals surface area contributed by atoms with E-state index in [1.165, 1.54) is 24.0 Å². The molecule has 0 N–H and O–H groups in total. The summed E-state index contributed by atoms with van der Waals surface area (Å²) in [6.45, 7) is 3.10. The summed E-state index contributed by atoms with van der Waals surface area (Å²) in [5.41, 5.74) is 2.61. The Morgan fingerprint density at radius 1 is 1.35 bits per heavy atom. The summed E-state index contributed by atoms with van der Waals surface area (Å²) in [6.07, 6.45) is 6.05. The highest BCUT2D eigenvalue weighted by atomic mass is 35.5. The van der Waals surface area contributed by atoms with Gasteiger partial charge >= 0.3 is 0 Å². The average molecular weight is 253 g/mol. The van der Waals surface area contributed by atoms with E-state index in [9.17, 15) is 0 Å². The van der Waals surface area contributed by atoms with Crippen LogP contribution in [0.4, 0.5) is 0 Å². The van der Waals surface area contributed by atoms with Crippen molar-refractivity contribution in [3.05, 3.63) is 35.4 Å². The quantitative estimate of drug-likeness (QED) is 0.702. The molecule has 1 saturated heterocycles. The first-order valence-electron chi connectivity index (χ1n) is 6.64. The highest BCUT2D eigenvalue weighted by Crippen LogP contribution is 2.29. The maximum atomic E-state index is 6.42. The second-order valence-corrected chi connectivity index (χ2v) is 5.30. The SMILES string of the molecule is CCc1ccc(C(Cl)CCC2CCCO2)cc1. The summed E-state index contributed by atoms with van der Waals surface area (Å²) in [4.78, 5) is 0. The Labute approximate surface area is 109 Å². The Bertz CT molecular complexity index is 327. The number of alkyl halides is 1. The molecule has 1 aliphatic heterocycles. The van der Waals surface area contributed by atoms with E-state index < -0.39 is 0 Å². The summed E-state index contributed by atoms with van der Waals surface area (Å²) in [6, 6.07) is 8.67. The second-order valence-electron chi connectivity index (χ2n) is 4.78. The van der Waals surface area contributed by atoms with Gasteiger partial charge in [-0.1, -0.05) is 31.2 Å². The molecule has 2 heteroatoms. The number of rotatable bonds is 5. The number of aryl methyl sites for hydroxylation is 1. The molecule has 0 aliphatic carbocycles. The summed E-state index contributed by atoms with van der Waals surface area (Å²) in [5.74, 6) is 0. The first-order chi connectivity index (χ1) is 8.29. The molecule has 1 fully saturated rings. The summed E-state index contributed by atoms with van der Waals surface area (Å²) in [5, 5.41) is 0.130. The first kappa shape index (κ1) is 12.9. The highest BCUT2D eigenvalue weighted by molar-refractivity contribution is 6.20. The number of ether oxygens (including phenoxy) is 1. The van der Waals surface area contributed by atoms with E-state index in [0.29, 0.717) is 6.10 Å². The lowest BCUT2D eigenvalue weighted by atomic mass is 10.0. The van der Waals surface area contributed by atoms with Crippen molar-refractivity contribution >= 4 is 11.6 Å². The fourth-order valence-electron chi connectivity index (χ4n) is 2.33. The second kappa shape index (κ2) is 6.42. The number of benzene rings is 1. The van der Waals surface area contributed by atoms with Crippen LogP contribution in [-0.4, -0.2) is 12.7 Å². The molecule has 2 rings (SSSR count). The van der Waals surface area contributed by atoms with Gasteiger partial charge in [0.15, 0.2) is 0 Å². The molecule has 0 amide bonds. The van der Waals surface area contributed by atoms with Crippen LogP contribution in [0.1, 0.15) is 49.1 Å². The van der Waals surface area contributed by atoms with Gasteiger partial charge in [-0.15, -0.1) is 11.6 Å². The Balaban J connectivity index is 1.83. The number of halogens is 1. The molecule has 0 bridgehead atoms. The molecule has 1 aromatic carbocycles. The fourth-order valence-corrected chi connectivity index (χ4v) is 2.60. The minimum atomic E-state index is 0.130. The van der Waals surface area contributed by atoms with Crippen LogP contribution >= 0.6 is 11.6 Å². The molecule has 1 aromatic rings. The third kappa shape index (κ3) is 3.72. The molecular weight excluding hydrogens is 232 g/mol. The topological polar surface area (TPSA) is 9.23 Å². The molecule has 1 nitrogen and oxygen atoms in total.